The topological polar surface area (TPSA) is 0 Å². The average Bonchev–Trinajstić information content (AvgIpc) is 2.46. The molecule has 82 valence electrons. The number of hydrogen-bond acceptors (Lipinski definition) is 0. The van der Waals surface area contributed by atoms with Crippen LogP contribution in [0.2, 0.25) is 0 Å². The van der Waals surface area contributed by atoms with Gasteiger partial charge < -0.3 is 0 Å². The Balaban J connectivity index is 2.58. The average molecular weight is 218 g/mol. The third-order valence-electron chi connectivity index (χ3n) is 3.01. The molecule has 1 aromatic rings. The Kier molecular flexibility index (Phi) is 2.07. The summed E-state index contributed by atoms with van der Waals surface area (Å²) in [4.78, 5) is 0. The van der Waals surface area contributed by atoms with E-state index >= 15 is 0 Å². The third-order valence-corrected chi connectivity index (χ3v) is 3.01. The molecule has 0 amide bonds. The van der Waals surface area contributed by atoms with Crippen molar-refractivity contribution in [3.05, 3.63) is 34.9 Å². The smallest absolute Gasteiger partial charge is 0.229 e. The SMILES string of the molecule is Cc1cccc2c1CCC2(F)C(F)(F)F. The highest BCUT2D eigenvalue weighted by atomic mass is 19.4. The summed E-state index contributed by atoms with van der Waals surface area (Å²) in [6, 6.07) is 4.42. The van der Waals surface area contributed by atoms with Crippen molar-refractivity contribution in [3.8, 4) is 0 Å². The van der Waals surface area contributed by atoms with Crippen molar-refractivity contribution in [2.75, 3.05) is 0 Å². The summed E-state index contributed by atoms with van der Waals surface area (Å²) >= 11 is 0. The number of hydrogen-bond donors (Lipinski definition) is 0. The van der Waals surface area contributed by atoms with Crippen LogP contribution in [0.15, 0.2) is 18.2 Å². The van der Waals surface area contributed by atoms with Crippen molar-refractivity contribution in [2.24, 2.45) is 0 Å². The fourth-order valence-electron chi connectivity index (χ4n) is 2.13. The summed E-state index contributed by atoms with van der Waals surface area (Å²) in [6.45, 7) is 1.71. The molecule has 15 heavy (non-hydrogen) atoms. The summed E-state index contributed by atoms with van der Waals surface area (Å²) in [5.41, 5.74) is -2.10. The first kappa shape index (κ1) is 10.5. The Morgan fingerprint density at radius 3 is 2.53 bits per heavy atom. The van der Waals surface area contributed by atoms with Crippen LogP contribution in [0, 0.1) is 6.92 Å². The predicted octanol–water partition coefficient (Wildman–Crippen LogP) is 3.67. The highest BCUT2D eigenvalue weighted by Gasteiger charge is 2.59. The van der Waals surface area contributed by atoms with Gasteiger partial charge in [-0.2, -0.15) is 13.2 Å². The van der Waals surface area contributed by atoms with Crippen molar-refractivity contribution in [1.29, 1.82) is 0 Å². The predicted molar refractivity (Wildman–Crippen MR) is 48.3 cm³/mol. The monoisotopic (exact) mass is 218 g/mol. The van der Waals surface area contributed by atoms with E-state index in [-0.39, 0.29) is 12.0 Å². The fraction of sp³-hybridized carbons (Fsp3) is 0.455. The number of rotatable bonds is 0. The van der Waals surface area contributed by atoms with Crippen LogP contribution in [0.4, 0.5) is 17.6 Å². The molecule has 1 atom stereocenters. The first-order chi connectivity index (χ1) is 6.86. The lowest BCUT2D eigenvalue weighted by atomic mass is 9.96. The Morgan fingerprint density at radius 1 is 1.27 bits per heavy atom. The van der Waals surface area contributed by atoms with Gasteiger partial charge in [-0.15, -0.1) is 0 Å². The lowest BCUT2D eigenvalue weighted by Crippen LogP contribution is -2.35. The van der Waals surface area contributed by atoms with E-state index in [1.165, 1.54) is 12.1 Å². The van der Waals surface area contributed by atoms with Gasteiger partial charge in [-0.05, 0) is 30.9 Å². The highest BCUT2D eigenvalue weighted by Crippen LogP contribution is 2.51. The molecule has 2 rings (SSSR count). The van der Waals surface area contributed by atoms with Crippen LogP contribution in [0.5, 0.6) is 0 Å². The molecular formula is C11H10F4. The van der Waals surface area contributed by atoms with Crippen LogP contribution < -0.4 is 0 Å². The summed E-state index contributed by atoms with van der Waals surface area (Å²) < 4.78 is 51.6. The van der Waals surface area contributed by atoms with E-state index in [9.17, 15) is 17.6 Å². The van der Waals surface area contributed by atoms with Gasteiger partial charge in [-0.25, -0.2) is 4.39 Å². The maximum absolute atomic E-state index is 13.9. The molecule has 0 heterocycles. The van der Waals surface area contributed by atoms with Gasteiger partial charge in [0.1, 0.15) is 0 Å². The van der Waals surface area contributed by atoms with E-state index in [1.54, 1.807) is 13.0 Å². The zero-order valence-electron chi connectivity index (χ0n) is 8.16. The Hall–Kier alpha value is -1.06. The molecule has 0 fully saturated rings. The molecule has 0 spiro atoms. The van der Waals surface area contributed by atoms with Gasteiger partial charge in [0, 0.05) is 5.56 Å². The van der Waals surface area contributed by atoms with E-state index in [4.69, 9.17) is 0 Å². The second kappa shape index (κ2) is 2.97. The van der Waals surface area contributed by atoms with Gasteiger partial charge in [-0.1, -0.05) is 18.2 Å². The molecule has 1 aliphatic carbocycles. The maximum atomic E-state index is 13.9. The van der Waals surface area contributed by atoms with Crippen LogP contribution >= 0.6 is 0 Å². The minimum absolute atomic E-state index is 0.165. The van der Waals surface area contributed by atoms with Crippen molar-refractivity contribution < 1.29 is 17.6 Å². The molecule has 0 aromatic heterocycles. The summed E-state index contributed by atoms with van der Waals surface area (Å²) in [6.07, 6.45) is -5.14. The number of alkyl halides is 4. The summed E-state index contributed by atoms with van der Waals surface area (Å²) in [7, 11) is 0. The van der Waals surface area contributed by atoms with Crippen molar-refractivity contribution in [2.45, 2.75) is 31.6 Å². The molecular weight excluding hydrogens is 208 g/mol. The standard InChI is InChI=1S/C11H10F4/c1-7-3-2-4-9-8(7)5-6-10(9,12)11(13,14)15/h2-4H,5-6H2,1H3. The minimum Gasteiger partial charge on any atom is -0.229 e. The minimum atomic E-state index is -4.81. The van der Waals surface area contributed by atoms with E-state index in [0.717, 1.165) is 5.56 Å². The lowest BCUT2D eigenvalue weighted by molar-refractivity contribution is -0.234. The zero-order valence-corrected chi connectivity index (χ0v) is 8.16. The normalized spacial score (nSPS) is 25.4. The van der Waals surface area contributed by atoms with E-state index < -0.39 is 18.3 Å². The van der Waals surface area contributed by atoms with Crippen molar-refractivity contribution >= 4 is 0 Å². The Labute approximate surface area is 84.9 Å². The van der Waals surface area contributed by atoms with Crippen LogP contribution in [0.3, 0.4) is 0 Å². The molecule has 0 radical (unpaired) electrons. The first-order valence-electron chi connectivity index (χ1n) is 4.71. The van der Waals surface area contributed by atoms with Crippen molar-refractivity contribution in [3.63, 3.8) is 0 Å². The maximum Gasteiger partial charge on any atom is 0.426 e. The second-order valence-electron chi connectivity index (χ2n) is 3.90. The van der Waals surface area contributed by atoms with E-state index in [0.29, 0.717) is 5.56 Å². The zero-order chi connectivity index (χ0) is 11.3. The molecule has 0 bridgehead atoms. The Morgan fingerprint density at radius 2 is 1.93 bits per heavy atom. The van der Waals surface area contributed by atoms with Gasteiger partial charge in [0.05, 0.1) is 0 Å². The molecule has 0 saturated carbocycles. The summed E-state index contributed by atoms with van der Waals surface area (Å²) in [5.74, 6) is 0. The molecule has 1 aromatic carbocycles. The molecule has 0 saturated heterocycles. The molecule has 0 aliphatic heterocycles. The number of halogens is 4. The Bertz CT molecular complexity index is 394. The van der Waals surface area contributed by atoms with Gasteiger partial charge in [0.15, 0.2) is 0 Å². The lowest BCUT2D eigenvalue weighted by Gasteiger charge is -2.24. The van der Waals surface area contributed by atoms with Crippen molar-refractivity contribution in [1.82, 2.24) is 0 Å². The van der Waals surface area contributed by atoms with Gasteiger partial charge in [0.2, 0.25) is 5.67 Å². The highest BCUT2D eigenvalue weighted by molar-refractivity contribution is 5.43. The number of aryl methyl sites for hydroxylation is 1. The second-order valence-corrected chi connectivity index (χ2v) is 3.90. The largest absolute Gasteiger partial charge is 0.426 e. The summed E-state index contributed by atoms with van der Waals surface area (Å²) in [5, 5.41) is 0. The third kappa shape index (κ3) is 1.34. The molecule has 1 unspecified atom stereocenters. The van der Waals surface area contributed by atoms with Gasteiger partial charge in [-0.3, -0.25) is 0 Å². The number of benzene rings is 1. The van der Waals surface area contributed by atoms with E-state index in [1.807, 2.05) is 0 Å². The quantitative estimate of drug-likeness (QED) is 0.583. The van der Waals surface area contributed by atoms with Gasteiger partial charge in [0.25, 0.3) is 0 Å². The molecule has 0 N–H and O–H groups in total. The van der Waals surface area contributed by atoms with Crippen LogP contribution in [-0.4, -0.2) is 6.18 Å². The van der Waals surface area contributed by atoms with Gasteiger partial charge >= 0.3 is 6.18 Å². The molecule has 4 heteroatoms. The molecule has 1 aliphatic rings. The van der Waals surface area contributed by atoms with Crippen LogP contribution in [-0.2, 0) is 12.1 Å². The molecule has 0 nitrogen and oxygen atoms in total. The number of fused-ring (bicyclic) bond motifs is 1. The van der Waals surface area contributed by atoms with E-state index in [2.05, 4.69) is 0 Å². The first-order valence-corrected chi connectivity index (χ1v) is 4.71. The fourth-order valence-corrected chi connectivity index (χ4v) is 2.13. The van der Waals surface area contributed by atoms with Crippen LogP contribution in [0.1, 0.15) is 23.1 Å². The van der Waals surface area contributed by atoms with Crippen LogP contribution in [0.25, 0.3) is 0 Å².